The number of aliphatic hydroxyl groups is 1. The fourth-order valence-corrected chi connectivity index (χ4v) is 3.97. The number of amides is 1. The maximum atomic E-state index is 12.4. The molecular weight excluding hydrogens is 306 g/mol. The van der Waals surface area contributed by atoms with Crippen molar-refractivity contribution < 1.29 is 9.90 Å². The van der Waals surface area contributed by atoms with E-state index in [0.29, 0.717) is 12.3 Å². The number of fused-ring (bicyclic) bond motifs is 1. The molecule has 1 aliphatic heterocycles. The number of nitrogens with zero attached hydrogens (tertiary/aromatic N) is 1. The zero-order chi connectivity index (χ0) is 16.2. The second-order valence-corrected chi connectivity index (χ2v) is 7.33. The van der Waals surface area contributed by atoms with Crippen molar-refractivity contribution in [3.05, 3.63) is 42.5 Å². The summed E-state index contributed by atoms with van der Waals surface area (Å²) in [5.41, 5.74) is 0. The number of likely N-dealkylation sites (tertiary alicyclic amines) is 1. The van der Waals surface area contributed by atoms with Crippen LogP contribution in [-0.4, -0.2) is 40.9 Å². The molecule has 23 heavy (non-hydrogen) atoms. The molecule has 2 atom stereocenters. The van der Waals surface area contributed by atoms with Crippen LogP contribution in [-0.2, 0) is 4.79 Å². The normalized spacial score (nSPS) is 19.7. The molecule has 0 aromatic heterocycles. The zero-order valence-electron chi connectivity index (χ0n) is 13.4. The van der Waals surface area contributed by atoms with Gasteiger partial charge in [0.05, 0.1) is 11.9 Å². The molecule has 1 aliphatic rings. The third kappa shape index (κ3) is 4.06. The molecule has 0 aliphatic carbocycles. The quantitative estimate of drug-likeness (QED) is 0.872. The molecule has 1 saturated heterocycles. The molecule has 3 rings (SSSR count). The van der Waals surface area contributed by atoms with E-state index in [0.717, 1.165) is 24.3 Å². The van der Waals surface area contributed by atoms with Gasteiger partial charge in [0.2, 0.25) is 5.91 Å². The number of benzene rings is 2. The Morgan fingerprint density at radius 1 is 1.30 bits per heavy atom. The maximum Gasteiger partial charge on any atom is 0.232 e. The van der Waals surface area contributed by atoms with E-state index in [2.05, 4.69) is 30.3 Å². The Balaban J connectivity index is 1.59. The summed E-state index contributed by atoms with van der Waals surface area (Å²) in [7, 11) is 0. The first-order valence-corrected chi connectivity index (χ1v) is 9.19. The summed E-state index contributed by atoms with van der Waals surface area (Å²) in [5, 5.41) is 12.2. The number of thioether (sulfide) groups is 1. The molecular formula is C19H23NO2S. The first-order chi connectivity index (χ1) is 11.1. The lowest BCUT2D eigenvalue weighted by molar-refractivity contribution is -0.130. The highest BCUT2D eigenvalue weighted by molar-refractivity contribution is 8.00. The number of carbonyl (C=O) groups excluding carboxylic acids is 1. The summed E-state index contributed by atoms with van der Waals surface area (Å²) in [6.07, 6.45) is 1.67. The van der Waals surface area contributed by atoms with Crippen molar-refractivity contribution in [1.29, 1.82) is 0 Å². The summed E-state index contributed by atoms with van der Waals surface area (Å²) in [6.45, 7) is 3.33. The Hall–Kier alpha value is -1.52. The van der Waals surface area contributed by atoms with Crippen LogP contribution in [0.25, 0.3) is 10.8 Å². The van der Waals surface area contributed by atoms with Gasteiger partial charge in [-0.2, -0.15) is 0 Å². The van der Waals surface area contributed by atoms with Gasteiger partial charge in [0, 0.05) is 23.9 Å². The topological polar surface area (TPSA) is 40.5 Å². The lowest BCUT2D eigenvalue weighted by Crippen LogP contribution is -2.43. The van der Waals surface area contributed by atoms with E-state index in [4.69, 9.17) is 0 Å². The summed E-state index contributed by atoms with van der Waals surface area (Å²) in [6, 6.07) is 14.6. The first kappa shape index (κ1) is 16.3. The Kier molecular flexibility index (Phi) is 5.23. The van der Waals surface area contributed by atoms with Gasteiger partial charge in [-0.1, -0.05) is 30.3 Å². The Bertz CT molecular complexity index is 686. The fraction of sp³-hybridized carbons (Fsp3) is 0.421. The highest BCUT2D eigenvalue weighted by Gasteiger charge is 2.26. The van der Waals surface area contributed by atoms with Gasteiger partial charge in [-0.25, -0.2) is 0 Å². The van der Waals surface area contributed by atoms with Gasteiger partial charge < -0.3 is 10.0 Å². The summed E-state index contributed by atoms with van der Waals surface area (Å²) >= 11 is 1.59. The highest BCUT2D eigenvalue weighted by atomic mass is 32.2. The monoisotopic (exact) mass is 329 g/mol. The Labute approximate surface area is 141 Å². The van der Waals surface area contributed by atoms with Gasteiger partial charge in [-0.05, 0) is 42.7 Å². The van der Waals surface area contributed by atoms with Crippen LogP contribution in [0.4, 0.5) is 0 Å². The molecule has 1 amide bonds. The van der Waals surface area contributed by atoms with Gasteiger partial charge >= 0.3 is 0 Å². The second-order valence-electron chi connectivity index (χ2n) is 6.28. The molecule has 2 aromatic carbocycles. The molecule has 4 heteroatoms. The molecule has 0 saturated carbocycles. The average Bonchev–Trinajstić information content (AvgIpc) is 2.59. The van der Waals surface area contributed by atoms with E-state index < -0.39 is 0 Å². The minimum absolute atomic E-state index is 0.175. The van der Waals surface area contributed by atoms with E-state index in [1.165, 1.54) is 10.8 Å². The van der Waals surface area contributed by atoms with Crippen LogP contribution >= 0.6 is 11.8 Å². The molecule has 2 unspecified atom stereocenters. The van der Waals surface area contributed by atoms with Crippen LogP contribution in [0.2, 0.25) is 0 Å². The lowest BCUT2D eigenvalue weighted by Gasteiger charge is -2.34. The largest absolute Gasteiger partial charge is 0.393 e. The third-order valence-corrected chi connectivity index (χ3v) is 5.55. The number of rotatable bonds is 4. The van der Waals surface area contributed by atoms with E-state index >= 15 is 0 Å². The minimum Gasteiger partial charge on any atom is -0.393 e. The van der Waals surface area contributed by atoms with Crippen molar-refractivity contribution in [2.24, 2.45) is 5.92 Å². The SMILES string of the molecule is CC(O)C1CCCN(C(=O)CSc2ccc3ccccc3c2)C1. The maximum absolute atomic E-state index is 12.4. The zero-order valence-corrected chi connectivity index (χ0v) is 14.3. The van der Waals surface area contributed by atoms with E-state index in [1.54, 1.807) is 11.8 Å². The van der Waals surface area contributed by atoms with Crippen molar-refractivity contribution in [3.8, 4) is 0 Å². The van der Waals surface area contributed by atoms with Crippen LogP contribution in [0.5, 0.6) is 0 Å². The molecule has 122 valence electrons. The molecule has 0 spiro atoms. The molecule has 0 bridgehead atoms. The van der Waals surface area contributed by atoms with Crippen LogP contribution in [0.1, 0.15) is 19.8 Å². The van der Waals surface area contributed by atoms with Gasteiger partial charge in [0.15, 0.2) is 0 Å². The summed E-state index contributed by atoms with van der Waals surface area (Å²) in [5.74, 6) is 0.858. The molecule has 1 N–H and O–H groups in total. The predicted molar refractivity (Wildman–Crippen MR) is 95.7 cm³/mol. The van der Waals surface area contributed by atoms with E-state index in [1.807, 2.05) is 24.0 Å². The predicted octanol–water partition coefficient (Wildman–Crippen LogP) is 3.55. The number of aliphatic hydroxyl groups excluding tert-OH is 1. The number of hydrogen-bond donors (Lipinski definition) is 1. The van der Waals surface area contributed by atoms with Gasteiger partial charge in [0.25, 0.3) is 0 Å². The van der Waals surface area contributed by atoms with E-state index in [-0.39, 0.29) is 17.9 Å². The lowest BCUT2D eigenvalue weighted by atomic mass is 9.93. The molecule has 3 nitrogen and oxygen atoms in total. The summed E-state index contributed by atoms with van der Waals surface area (Å²) in [4.78, 5) is 15.5. The Morgan fingerprint density at radius 3 is 2.87 bits per heavy atom. The third-order valence-electron chi connectivity index (χ3n) is 4.58. The van der Waals surface area contributed by atoms with Crippen molar-refractivity contribution in [1.82, 2.24) is 4.90 Å². The van der Waals surface area contributed by atoms with Crippen molar-refractivity contribution in [3.63, 3.8) is 0 Å². The van der Waals surface area contributed by atoms with Gasteiger partial charge in [-0.15, -0.1) is 11.8 Å². The molecule has 1 fully saturated rings. The van der Waals surface area contributed by atoms with Crippen LogP contribution in [0, 0.1) is 5.92 Å². The molecule has 1 heterocycles. The average molecular weight is 329 g/mol. The van der Waals surface area contributed by atoms with Crippen LogP contribution in [0.3, 0.4) is 0 Å². The van der Waals surface area contributed by atoms with Gasteiger partial charge in [-0.3, -0.25) is 4.79 Å². The Morgan fingerprint density at radius 2 is 2.09 bits per heavy atom. The molecule has 0 radical (unpaired) electrons. The van der Waals surface area contributed by atoms with E-state index in [9.17, 15) is 9.90 Å². The number of hydrogen-bond acceptors (Lipinski definition) is 3. The second kappa shape index (κ2) is 7.37. The van der Waals surface area contributed by atoms with Crippen LogP contribution in [0.15, 0.2) is 47.4 Å². The first-order valence-electron chi connectivity index (χ1n) is 8.21. The van der Waals surface area contributed by atoms with Crippen LogP contribution < -0.4 is 0 Å². The highest BCUT2D eigenvalue weighted by Crippen LogP contribution is 2.25. The smallest absolute Gasteiger partial charge is 0.232 e. The number of piperidine rings is 1. The summed E-state index contributed by atoms with van der Waals surface area (Å²) < 4.78 is 0. The van der Waals surface area contributed by atoms with Crippen molar-refractivity contribution >= 4 is 28.4 Å². The molecule has 2 aromatic rings. The van der Waals surface area contributed by atoms with Gasteiger partial charge in [0.1, 0.15) is 0 Å². The fourth-order valence-electron chi connectivity index (χ4n) is 3.12. The number of carbonyl (C=O) groups is 1. The minimum atomic E-state index is -0.334. The van der Waals surface area contributed by atoms with Crippen molar-refractivity contribution in [2.75, 3.05) is 18.8 Å². The van der Waals surface area contributed by atoms with Crippen molar-refractivity contribution in [2.45, 2.75) is 30.8 Å². The standard InChI is InChI=1S/C19H23NO2S/c1-14(21)17-7-4-10-20(12-17)19(22)13-23-18-9-8-15-5-2-3-6-16(15)11-18/h2-3,5-6,8-9,11,14,17,21H,4,7,10,12-13H2,1H3.